The maximum Gasteiger partial charge on any atom is 0.148 e. The summed E-state index contributed by atoms with van der Waals surface area (Å²) in [4.78, 5) is 6.47. The van der Waals surface area contributed by atoms with Crippen molar-refractivity contribution in [1.82, 2.24) is 4.98 Å². The van der Waals surface area contributed by atoms with Crippen molar-refractivity contribution >= 4 is 23.3 Å². The number of nitrogen functional groups attached to an aromatic ring is 1. The third-order valence-electron chi connectivity index (χ3n) is 3.50. The summed E-state index contributed by atoms with van der Waals surface area (Å²) in [7, 11) is 0. The van der Waals surface area contributed by atoms with Gasteiger partial charge in [-0.1, -0.05) is 11.6 Å². The molecule has 0 radical (unpaired) electrons. The van der Waals surface area contributed by atoms with Crippen molar-refractivity contribution in [2.24, 2.45) is 5.73 Å². The molecule has 2 saturated heterocycles. The van der Waals surface area contributed by atoms with Crippen LogP contribution in [0.3, 0.4) is 0 Å². The maximum absolute atomic E-state index is 7.50. The van der Waals surface area contributed by atoms with Crippen molar-refractivity contribution in [3.05, 3.63) is 22.8 Å². The van der Waals surface area contributed by atoms with Crippen molar-refractivity contribution in [2.75, 3.05) is 18.0 Å². The number of fused-ring (bicyclic) bond motifs is 2. The second kappa shape index (κ2) is 4.40. The zero-order valence-corrected chi connectivity index (χ0v) is 10.7. The van der Waals surface area contributed by atoms with E-state index in [0.717, 1.165) is 25.9 Å². The average molecular weight is 267 g/mol. The van der Waals surface area contributed by atoms with E-state index < -0.39 is 0 Å². The van der Waals surface area contributed by atoms with E-state index in [1.54, 1.807) is 12.3 Å². The monoisotopic (exact) mass is 266 g/mol. The minimum absolute atomic E-state index is 0.0279. The van der Waals surface area contributed by atoms with Gasteiger partial charge in [0.15, 0.2) is 0 Å². The molecule has 2 aliphatic heterocycles. The molecule has 2 atom stereocenters. The van der Waals surface area contributed by atoms with E-state index in [9.17, 15) is 0 Å². The number of amidine groups is 1. The number of anilines is 1. The molecule has 1 aromatic rings. The zero-order valence-electron chi connectivity index (χ0n) is 9.90. The van der Waals surface area contributed by atoms with Gasteiger partial charge < -0.3 is 15.4 Å². The minimum Gasteiger partial charge on any atom is -0.384 e. The lowest BCUT2D eigenvalue weighted by Crippen LogP contribution is -2.43. The first kappa shape index (κ1) is 11.7. The van der Waals surface area contributed by atoms with Crippen LogP contribution >= 0.6 is 11.6 Å². The number of morpholine rings is 1. The Kier molecular flexibility index (Phi) is 2.87. The van der Waals surface area contributed by atoms with Gasteiger partial charge in [0, 0.05) is 24.8 Å². The molecule has 3 heterocycles. The van der Waals surface area contributed by atoms with E-state index in [2.05, 4.69) is 9.88 Å². The second-order valence-electron chi connectivity index (χ2n) is 4.77. The van der Waals surface area contributed by atoms with Gasteiger partial charge in [-0.05, 0) is 18.9 Å². The van der Waals surface area contributed by atoms with Crippen LogP contribution < -0.4 is 10.6 Å². The summed E-state index contributed by atoms with van der Waals surface area (Å²) in [6, 6.07) is 1.67. The van der Waals surface area contributed by atoms with Crippen LogP contribution in [0.2, 0.25) is 5.02 Å². The third-order valence-corrected chi connectivity index (χ3v) is 3.88. The Bertz CT molecular complexity index is 481. The zero-order chi connectivity index (χ0) is 12.7. The lowest BCUT2D eigenvalue weighted by molar-refractivity contribution is 0.0302. The van der Waals surface area contributed by atoms with Crippen molar-refractivity contribution < 1.29 is 4.74 Å². The number of nitrogens with one attached hydrogen (secondary N) is 1. The van der Waals surface area contributed by atoms with E-state index in [1.807, 2.05) is 0 Å². The summed E-state index contributed by atoms with van der Waals surface area (Å²) in [6.07, 6.45) is 4.41. The highest BCUT2D eigenvalue weighted by molar-refractivity contribution is 6.36. The molecular formula is C12H15ClN4O. The Hall–Kier alpha value is -1.33. The van der Waals surface area contributed by atoms with Crippen LogP contribution in [-0.2, 0) is 4.74 Å². The molecule has 3 N–H and O–H groups in total. The SMILES string of the molecule is N=C(N)c1ccnc(N2CC3CCC(C2)O3)c1Cl. The number of pyridine rings is 1. The summed E-state index contributed by atoms with van der Waals surface area (Å²) < 4.78 is 5.79. The average Bonchev–Trinajstić information content (AvgIpc) is 2.68. The van der Waals surface area contributed by atoms with Crippen molar-refractivity contribution in [3.8, 4) is 0 Å². The summed E-state index contributed by atoms with van der Waals surface area (Å²) in [5, 5.41) is 7.96. The van der Waals surface area contributed by atoms with Gasteiger partial charge >= 0.3 is 0 Å². The third kappa shape index (κ3) is 1.93. The van der Waals surface area contributed by atoms with Crippen LogP contribution in [0.25, 0.3) is 0 Å². The largest absolute Gasteiger partial charge is 0.384 e. The highest BCUT2D eigenvalue weighted by Gasteiger charge is 2.35. The predicted molar refractivity (Wildman–Crippen MR) is 70.4 cm³/mol. The Labute approximate surface area is 110 Å². The van der Waals surface area contributed by atoms with Crippen LogP contribution in [0.4, 0.5) is 5.82 Å². The van der Waals surface area contributed by atoms with Crippen LogP contribution in [0, 0.1) is 5.41 Å². The molecule has 96 valence electrons. The summed E-state index contributed by atoms with van der Waals surface area (Å²) >= 11 is 6.29. The molecule has 2 fully saturated rings. The van der Waals surface area contributed by atoms with Gasteiger partial charge in [-0.25, -0.2) is 4.98 Å². The highest BCUT2D eigenvalue weighted by atomic mass is 35.5. The fourth-order valence-electron chi connectivity index (χ4n) is 2.65. The van der Waals surface area contributed by atoms with Gasteiger partial charge in [0.2, 0.25) is 0 Å². The van der Waals surface area contributed by atoms with E-state index in [1.165, 1.54) is 0 Å². The first-order chi connectivity index (χ1) is 8.65. The second-order valence-corrected chi connectivity index (χ2v) is 5.15. The number of hydrogen-bond acceptors (Lipinski definition) is 4. The number of hydrogen-bond donors (Lipinski definition) is 2. The van der Waals surface area contributed by atoms with Gasteiger partial charge in [0.05, 0.1) is 17.2 Å². The molecule has 0 spiro atoms. The predicted octanol–water partition coefficient (Wildman–Crippen LogP) is 1.39. The molecule has 0 amide bonds. The Morgan fingerprint density at radius 2 is 2.11 bits per heavy atom. The van der Waals surface area contributed by atoms with Gasteiger partial charge in [-0.3, -0.25) is 5.41 Å². The van der Waals surface area contributed by atoms with Crippen LogP contribution in [0.1, 0.15) is 18.4 Å². The molecule has 1 aromatic heterocycles. The topological polar surface area (TPSA) is 75.2 Å². The molecule has 0 saturated carbocycles. The number of rotatable bonds is 2. The maximum atomic E-state index is 7.50. The molecule has 18 heavy (non-hydrogen) atoms. The molecule has 2 bridgehead atoms. The van der Waals surface area contributed by atoms with Crippen LogP contribution in [-0.4, -0.2) is 36.1 Å². The Balaban J connectivity index is 1.92. The van der Waals surface area contributed by atoms with Gasteiger partial charge in [0.1, 0.15) is 11.7 Å². The Morgan fingerprint density at radius 3 is 2.72 bits per heavy atom. The molecule has 2 aliphatic rings. The normalized spacial score (nSPS) is 26.4. The first-order valence-electron chi connectivity index (χ1n) is 6.04. The molecule has 0 aliphatic carbocycles. The fraction of sp³-hybridized carbons (Fsp3) is 0.500. The lowest BCUT2D eigenvalue weighted by Gasteiger charge is -2.33. The quantitative estimate of drug-likeness (QED) is 0.627. The lowest BCUT2D eigenvalue weighted by atomic mass is 10.2. The number of nitrogens with zero attached hydrogens (tertiary/aromatic N) is 2. The summed E-state index contributed by atoms with van der Waals surface area (Å²) in [5.74, 6) is 0.685. The number of aromatic nitrogens is 1. The van der Waals surface area contributed by atoms with E-state index in [-0.39, 0.29) is 18.0 Å². The molecule has 5 nitrogen and oxygen atoms in total. The van der Waals surface area contributed by atoms with Gasteiger partial charge in [0.25, 0.3) is 0 Å². The van der Waals surface area contributed by atoms with Gasteiger partial charge in [-0.2, -0.15) is 0 Å². The molecular weight excluding hydrogens is 252 g/mol. The molecule has 0 aromatic carbocycles. The molecule has 2 unspecified atom stereocenters. The van der Waals surface area contributed by atoms with Crippen molar-refractivity contribution in [2.45, 2.75) is 25.0 Å². The van der Waals surface area contributed by atoms with Gasteiger partial charge in [-0.15, -0.1) is 0 Å². The van der Waals surface area contributed by atoms with E-state index >= 15 is 0 Å². The first-order valence-corrected chi connectivity index (χ1v) is 6.42. The smallest absolute Gasteiger partial charge is 0.148 e. The fourth-order valence-corrected chi connectivity index (χ4v) is 2.98. The molecule has 6 heteroatoms. The standard InChI is InChI=1S/C12H15ClN4O/c13-10-9(11(14)15)3-4-16-12(10)17-5-7-1-2-8(6-17)18-7/h3-4,7-8H,1-2,5-6H2,(H3,14,15). The highest BCUT2D eigenvalue weighted by Crippen LogP contribution is 2.33. The minimum atomic E-state index is -0.0279. The Morgan fingerprint density at radius 1 is 1.44 bits per heavy atom. The van der Waals surface area contributed by atoms with E-state index in [0.29, 0.717) is 16.4 Å². The number of nitrogens with two attached hydrogens (primary N) is 1. The van der Waals surface area contributed by atoms with Crippen molar-refractivity contribution in [1.29, 1.82) is 5.41 Å². The number of ether oxygens (including phenoxy) is 1. The van der Waals surface area contributed by atoms with Crippen molar-refractivity contribution in [3.63, 3.8) is 0 Å². The van der Waals surface area contributed by atoms with E-state index in [4.69, 9.17) is 27.5 Å². The van der Waals surface area contributed by atoms with Crippen LogP contribution in [0.15, 0.2) is 12.3 Å². The van der Waals surface area contributed by atoms with Crippen LogP contribution in [0.5, 0.6) is 0 Å². The summed E-state index contributed by atoms with van der Waals surface area (Å²) in [6.45, 7) is 1.62. The number of halogens is 1. The summed E-state index contributed by atoms with van der Waals surface area (Å²) in [5.41, 5.74) is 6.05. The molecule has 3 rings (SSSR count).